The van der Waals surface area contributed by atoms with Crippen LogP contribution in [0.5, 0.6) is 0 Å². The van der Waals surface area contributed by atoms with Crippen LogP contribution in [0.25, 0.3) is 27.8 Å². The molecule has 1 unspecified atom stereocenters. The number of allylic oxidation sites excluding steroid dienone is 1. The van der Waals surface area contributed by atoms with Gasteiger partial charge in [-0.15, -0.1) is 0 Å². The monoisotopic (exact) mass is 452 g/mol. The number of halogens is 3. The van der Waals surface area contributed by atoms with Crippen LogP contribution in [0.4, 0.5) is 13.2 Å². The Morgan fingerprint density at radius 3 is 2.18 bits per heavy atom. The average molecular weight is 453 g/mol. The molecule has 1 atom stereocenters. The van der Waals surface area contributed by atoms with Crippen LogP contribution in [0.1, 0.15) is 43.7 Å². The van der Waals surface area contributed by atoms with Crippen LogP contribution in [-0.2, 0) is 11.3 Å². The summed E-state index contributed by atoms with van der Waals surface area (Å²) in [6.07, 6.45) is 4.44. The Hall–Kier alpha value is -2.89. The molecule has 1 N–H and O–H groups in total. The number of ether oxygens (including phenoxy) is 1. The van der Waals surface area contributed by atoms with E-state index >= 15 is 0 Å². The first-order chi connectivity index (χ1) is 16.0. The molecule has 4 rings (SSSR count). The van der Waals surface area contributed by atoms with Crippen molar-refractivity contribution < 1.29 is 23.0 Å². The van der Waals surface area contributed by atoms with Gasteiger partial charge in [0.2, 0.25) is 0 Å². The summed E-state index contributed by atoms with van der Waals surface area (Å²) in [5, 5.41) is 9.65. The Bertz CT molecular complexity index is 1150. The van der Waals surface area contributed by atoms with Gasteiger partial charge in [0.15, 0.2) is 11.6 Å². The van der Waals surface area contributed by atoms with E-state index in [2.05, 4.69) is 0 Å². The molecule has 0 fully saturated rings. The van der Waals surface area contributed by atoms with Gasteiger partial charge in [0.25, 0.3) is 0 Å². The predicted octanol–water partition coefficient (Wildman–Crippen LogP) is 7.29. The van der Waals surface area contributed by atoms with Crippen molar-refractivity contribution in [2.75, 3.05) is 6.61 Å². The molecular weight excluding hydrogens is 425 g/mol. The van der Waals surface area contributed by atoms with Gasteiger partial charge in [0, 0.05) is 23.3 Å². The molecule has 0 bridgehead atoms. The van der Waals surface area contributed by atoms with Gasteiger partial charge in [0.1, 0.15) is 5.82 Å². The zero-order valence-electron chi connectivity index (χ0n) is 18.6. The average Bonchev–Trinajstić information content (AvgIpc) is 2.83. The van der Waals surface area contributed by atoms with E-state index < -0.39 is 11.6 Å². The lowest BCUT2D eigenvalue weighted by Crippen LogP contribution is -2.09. The number of hydrogen-bond acceptors (Lipinski definition) is 2. The van der Waals surface area contributed by atoms with E-state index in [9.17, 15) is 18.3 Å². The Labute approximate surface area is 192 Å². The SMILES string of the molecule is CCCOCc1ccc(-c2ccc(-c3ccc(C4=CCC(O)CC4)cc3F)cc2)c(F)c1F. The third-order valence-electron chi connectivity index (χ3n) is 6.00. The predicted molar refractivity (Wildman–Crippen MR) is 125 cm³/mol. The van der Waals surface area contributed by atoms with Crippen molar-refractivity contribution in [2.45, 2.75) is 45.3 Å². The molecule has 0 aromatic heterocycles. The van der Waals surface area contributed by atoms with E-state index in [0.29, 0.717) is 36.1 Å². The van der Waals surface area contributed by atoms with Crippen molar-refractivity contribution in [3.63, 3.8) is 0 Å². The van der Waals surface area contributed by atoms with Gasteiger partial charge >= 0.3 is 0 Å². The highest BCUT2D eigenvalue weighted by Gasteiger charge is 2.17. The Morgan fingerprint density at radius 1 is 0.879 bits per heavy atom. The summed E-state index contributed by atoms with van der Waals surface area (Å²) >= 11 is 0. The molecule has 5 heteroatoms. The zero-order chi connectivity index (χ0) is 23.4. The van der Waals surface area contributed by atoms with E-state index in [1.165, 1.54) is 12.1 Å². The second-order valence-electron chi connectivity index (χ2n) is 8.38. The molecular formula is C28H27F3O2. The lowest BCUT2D eigenvalue weighted by molar-refractivity contribution is 0.118. The van der Waals surface area contributed by atoms with E-state index in [1.54, 1.807) is 36.4 Å². The van der Waals surface area contributed by atoms with Crippen molar-refractivity contribution in [3.05, 3.63) is 89.3 Å². The molecule has 3 aromatic rings. The van der Waals surface area contributed by atoms with Crippen molar-refractivity contribution in [1.29, 1.82) is 0 Å². The lowest BCUT2D eigenvalue weighted by atomic mass is 9.91. The normalized spacial score (nSPS) is 16.0. The van der Waals surface area contributed by atoms with E-state index in [4.69, 9.17) is 4.74 Å². The lowest BCUT2D eigenvalue weighted by Gasteiger charge is -2.18. The van der Waals surface area contributed by atoms with E-state index in [-0.39, 0.29) is 29.7 Å². The standard InChI is InChI=1S/C28H27F3O2/c1-2-15-33-17-22-10-14-25(28(31)27(22)30)20-5-3-19(4-6-20)24-13-9-21(16-26(24)29)18-7-11-23(32)12-8-18/h3-7,9-10,13-14,16,23,32H,2,8,11-12,15,17H2,1H3. The highest BCUT2D eigenvalue weighted by Crippen LogP contribution is 2.33. The smallest absolute Gasteiger partial charge is 0.167 e. The van der Waals surface area contributed by atoms with Gasteiger partial charge in [-0.1, -0.05) is 61.5 Å². The maximum atomic E-state index is 14.9. The van der Waals surface area contributed by atoms with Gasteiger partial charge in [-0.25, -0.2) is 13.2 Å². The van der Waals surface area contributed by atoms with Crippen LogP contribution >= 0.6 is 0 Å². The summed E-state index contributed by atoms with van der Waals surface area (Å²) in [5.41, 5.74) is 3.81. The van der Waals surface area contributed by atoms with Gasteiger partial charge in [-0.2, -0.15) is 0 Å². The quantitative estimate of drug-likeness (QED) is 0.381. The first-order valence-corrected chi connectivity index (χ1v) is 11.3. The largest absolute Gasteiger partial charge is 0.393 e. The minimum Gasteiger partial charge on any atom is -0.393 e. The van der Waals surface area contributed by atoms with Crippen LogP contribution in [0.2, 0.25) is 0 Å². The molecule has 0 spiro atoms. The number of benzene rings is 3. The van der Waals surface area contributed by atoms with Crippen LogP contribution < -0.4 is 0 Å². The molecule has 0 heterocycles. The van der Waals surface area contributed by atoms with Crippen LogP contribution in [0.3, 0.4) is 0 Å². The molecule has 1 aliphatic rings. The van der Waals surface area contributed by atoms with E-state index in [1.807, 2.05) is 19.1 Å². The van der Waals surface area contributed by atoms with Crippen molar-refractivity contribution in [3.8, 4) is 22.3 Å². The van der Waals surface area contributed by atoms with Gasteiger partial charge in [-0.05, 0) is 54.0 Å². The molecule has 0 amide bonds. The molecule has 0 saturated heterocycles. The molecule has 33 heavy (non-hydrogen) atoms. The molecule has 0 radical (unpaired) electrons. The minimum absolute atomic E-state index is 0.0303. The topological polar surface area (TPSA) is 29.5 Å². The van der Waals surface area contributed by atoms with Crippen LogP contribution in [-0.4, -0.2) is 17.8 Å². The van der Waals surface area contributed by atoms with Crippen LogP contribution in [0.15, 0.2) is 60.7 Å². The summed E-state index contributed by atoms with van der Waals surface area (Å²) in [6.45, 7) is 2.47. The number of aliphatic hydroxyl groups excluding tert-OH is 1. The number of rotatable bonds is 7. The Kier molecular flexibility index (Phi) is 7.31. The van der Waals surface area contributed by atoms with Crippen LogP contribution in [0, 0.1) is 17.5 Å². The maximum Gasteiger partial charge on any atom is 0.167 e. The third kappa shape index (κ3) is 5.21. The summed E-state index contributed by atoms with van der Waals surface area (Å²) in [6, 6.07) is 15.0. The molecule has 172 valence electrons. The molecule has 0 saturated carbocycles. The fraction of sp³-hybridized carbons (Fsp3) is 0.286. The summed E-state index contributed by atoms with van der Waals surface area (Å²) in [7, 11) is 0. The molecule has 1 aliphatic carbocycles. The fourth-order valence-electron chi connectivity index (χ4n) is 4.11. The van der Waals surface area contributed by atoms with Gasteiger partial charge in [-0.3, -0.25) is 0 Å². The summed E-state index contributed by atoms with van der Waals surface area (Å²) < 4.78 is 49.3. The third-order valence-corrected chi connectivity index (χ3v) is 6.00. The highest BCUT2D eigenvalue weighted by molar-refractivity contribution is 5.74. The number of hydrogen-bond donors (Lipinski definition) is 1. The molecule has 0 aliphatic heterocycles. The first kappa shape index (κ1) is 23.3. The van der Waals surface area contributed by atoms with Crippen molar-refractivity contribution >= 4 is 5.57 Å². The first-order valence-electron chi connectivity index (χ1n) is 11.3. The fourth-order valence-corrected chi connectivity index (χ4v) is 4.11. The van der Waals surface area contributed by atoms with Crippen molar-refractivity contribution in [2.24, 2.45) is 0 Å². The Morgan fingerprint density at radius 2 is 1.55 bits per heavy atom. The highest BCUT2D eigenvalue weighted by atomic mass is 19.2. The number of aliphatic hydroxyl groups is 1. The van der Waals surface area contributed by atoms with Gasteiger partial charge < -0.3 is 9.84 Å². The van der Waals surface area contributed by atoms with Gasteiger partial charge in [0.05, 0.1) is 12.7 Å². The second kappa shape index (κ2) is 10.4. The Balaban J connectivity index is 1.55. The minimum atomic E-state index is -0.915. The second-order valence-corrected chi connectivity index (χ2v) is 8.38. The summed E-state index contributed by atoms with van der Waals surface area (Å²) in [4.78, 5) is 0. The zero-order valence-corrected chi connectivity index (χ0v) is 18.6. The maximum absolute atomic E-state index is 14.9. The van der Waals surface area contributed by atoms with Crippen molar-refractivity contribution in [1.82, 2.24) is 0 Å². The molecule has 2 nitrogen and oxygen atoms in total. The molecule has 3 aromatic carbocycles. The van der Waals surface area contributed by atoms with E-state index in [0.717, 1.165) is 24.0 Å². The summed E-state index contributed by atoms with van der Waals surface area (Å²) in [5.74, 6) is -2.17.